The lowest BCUT2D eigenvalue weighted by Crippen LogP contribution is -2.16. The summed E-state index contributed by atoms with van der Waals surface area (Å²) in [5, 5.41) is 8.81. The van der Waals surface area contributed by atoms with E-state index in [0.29, 0.717) is 5.69 Å². The second kappa shape index (κ2) is 4.06. The molecule has 0 fully saturated rings. The zero-order valence-corrected chi connectivity index (χ0v) is 9.69. The van der Waals surface area contributed by atoms with Crippen LogP contribution in [-0.2, 0) is 4.79 Å². The molecule has 2 aromatic rings. The van der Waals surface area contributed by atoms with Crippen molar-refractivity contribution in [3.63, 3.8) is 0 Å². The predicted octanol–water partition coefficient (Wildman–Crippen LogP) is 2.44. The van der Waals surface area contributed by atoms with Gasteiger partial charge in [0.15, 0.2) is 0 Å². The van der Waals surface area contributed by atoms with Gasteiger partial charge in [0.1, 0.15) is 0 Å². The van der Waals surface area contributed by atoms with Crippen molar-refractivity contribution in [3.8, 4) is 0 Å². The lowest BCUT2D eigenvalue weighted by Gasteiger charge is -2.13. The highest BCUT2D eigenvalue weighted by Gasteiger charge is 2.12. The van der Waals surface area contributed by atoms with E-state index >= 15 is 0 Å². The molecule has 1 heterocycles. The number of aromatic nitrogens is 2. The maximum atomic E-state index is 11.2. The van der Waals surface area contributed by atoms with E-state index in [-0.39, 0.29) is 5.91 Å². The molecule has 2 rings (SSSR count). The van der Waals surface area contributed by atoms with Gasteiger partial charge in [-0.05, 0) is 25.1 Å². The van der Waals surface area contributed by atoms with Crippen LogP contribution in [-0.4, -0.2) is 16.1 Å². The first-order valence-electron chi connectivity index (χ1n) is 4.79. The summed E-state index contributed by atoms with van der Waals surface area (Å²) in [6.45, 7) is 3.25. The third-order valence-corrected chi connectivity index (χ3v) is 2.64. The maximum Gasteiger partial charge on any atom is 0.238 e. The van der Waals surface area contributed by atoms with Crippen molar-refractivity contribution in [3.05, 3.63) is 30.0 Å². The van der Waals surface area contributed by atoms with Crippen molar-refractivity contribution in [2.45, 2.75) is 13.8 Å². The monoisotopic (exact) mass is 235 g/mol. The van der Waals surface area contributed by atoms with Gasteiger partial charge in [0.25, 0.3) is 0 Å². The number of rotatable bonds is 1. The van der Waals surface area contributed by atoms with Gasteiger partial charge in [0.2, 0.25) is 5.91 Å². The molecule has 0 aliphatic carbocycles. The average molecular weight is 236 g/mol. The number of anilines is 1. The van der Waals surface area contributed by atoms with Crippen molar-refractivity contribution >= 4 is 34.3 Å². The van der Waals surface area contributed by atoms with Gasteiger partial charge < -0.3 is 0 Å². The van der Waals surface area contributed by atoms with E-state index in [1.165, 1.54) is 6.92 Å². The molecule has 0 radical (unpaired) electrons. The molecule has 0 bridgehead atoms. The lowest BCUT2D eigenvalue weighted by molar-refractivity contribution is -0.115. The van der Waals surface area contributed by atoms with Gasteiger partial charge >= 0.3 is 0 Å². The van der Waals surface area contributed by atoms with Gasteiger partial charge in [0.05, 0.1) is 16.9 Å². The Morgan fingerprint density at radius 2 is 2.12 bits per heavy atom. The second-order valence-corrected chi connectivity index (χ2v) is 3.83. The van der Waals surface area contributed by atoms with Crippen molar-refractivity contribution < 1.29 is 4.79 Å². The largest absolute Gasteiger partial charge is 0.274 e. The standard InChI is InChI=1S/C11H10ClN3O/c1-7-6-9-10(14-13-7)4-3-5-11(9)15(12)8(2)16/h3-6H,1-2H3. The number of benzene rings is 1. The van der Waals surface area contributed by atoms with Gasteiger partial charge in [-0.3, -0.25) is 4.79 Å². The number of fused-ring (bicyclic) bond motifs is 1. The van der Waals surface area contributed by atoms with Gasteiger partial charge in [-0.2, -0.15) is 10.2 Å². The van der Waals surface area contributed by atoms with E-state index in [2.05, 4.69) is 10.2 Å². The molecule has 82 valence electrons. The first-order chi connectivity index (χ1) is 7.59. The third kappa shape index (κ3) is 1.84. The number of carbonyl (C=O) groups excluding carboxylic acids is 1. The number of amides is 1. The van der Waals surface area contributed by atoms with Gasteiger partial charge in [-0.1, -0.05) is 6.07 Å². The van der Waals surface area contributed by atoms with Crippen LogP contribution in [0.25, 0.3) is 10.9 Å². The topological polar surface area (TPSA) is 46.1 Å². The number of halogens is 1. The molecule has 16 heavy (non-hydrogen) atoms. The summed E-state index contributed by atoms with van der Waals surface area (Å²) in [7, 11) is 0. The lowest BCUT2D eigenvalue weighted by atomic mass is 10.2. The Hall–Kier alpha value is -1.68. The molecule has 0 saturated heterocycles. The fourth-order valence-corrected chi connectivity index (χ4v) is 1.63. The molecule has 0 aliphatic heterocycles. The Balaban J connectivity index is 2.69. The van der Waals surface area contributed by atoms with Crippen LogP contribution in [0.3, 0.4) is 0 Å². The minimum atomic E-state index is -0.233. The first-order valence-corrected chi connectivity index (χ1v) is 5.13. The zero-order chi connectivity index (χ0) is 11.7. The number of carbonyl (C=O) groups is 1. The van der Waals surface area contributed by atoms with Crippen LogP contribution in [0.15, 0.2) is 24.3 Å². The molecule has 0 N–H and O–H groups in total. The molecular weight excluding hydrogens is 226 g/mol. The van der Waals surface area contributed by atoms with E-state index in [0.717, 1.165) is 21.0 Å². The summed E-state index contributed by atoms with van der Waals surface area (Å²) in [5.41, 5.74) is 2.13. The fraction of sp³-hybridized carbons (Fsp3) is 0.182. The van der Waals surface area contributed by atoms with Crippen LogP contribution in [0.5, 0.6) is 0 Å². The predicted molar refractivity (Wildman–Crippen MR) is 63.3 cm³/mol. The van der Waals surface area contributed by atoms with Gasteiger partial charge in [0, 0.05) is 24.1 Å². The SMILES string of the molecule is CC(=O)N(Cl)c1cccc2nnc(C)cc12. The summed E-state index contributed by atoms with van der Waals surface area (Å²) < 4.78 is 1.09. The van der Waals surface area contributed by atoms with E-state index in [4.69, 9.17) is 11.8 Å². The molecule has 4 nitrogen and oxygen atoms in total. The van der Waals surface area contributed by atoms with Crippen molar-refractivity contribution in [2.75, 3.05) is 4.42 Å². The number of nitrogens with zero attached hydrogens (tertiary/aromatic N) is 3. The summed E-state index contributed by atoms with van der Waals surface area (Å²) in [5.74, 6) is -0.233. The quantitative estimate of drug-likeness (QED) is 0.714. The van der Waals surface area contributed by atoms with Gasteiger partial charge in [-0.25, -0.2) is 4.42 Å². The Labute approximate surface area is 98.0 Å². The summed E-state index contributed by atoms with van der Waals surface area (Å²) in [6.07, 6.45) is 0. The zero-order valence-electron chi connectivity index (χ0n) is 8.94. The number of hydrogen-bond acceptors (Lipinski definition) is 3. The van der Waals surface area contributed by atoms with Crippen LogP contribution < -0.4 is 4.42 Å². The van der Waals surface area contributed by atoms with Crippen LogP contribution in [0.1, 0.15) is 12.6 Å². The Morgan fingerprint density at radius 1 is 1.38 bits per heavy atom. The molecule has 1 amide bonds. The normalized spacial score (nSPS) is 10.4. The van der Waals surface area contributed by atoms with E-state index < -0.39 is 0 Å². The highest BCUT2D eigenvalue weighted by Crippen LogP contribution is 2.27. The molecule has 0 spiro atoms. The highest BCUT2D eigenvalue weighted by atomic mass is 35.5. The number of aryl methyl sites for hydroxylation is 1. The summed E-state index contributed by atoms with van der Waals surface area (Å²) in [6, 6.07) is 7.25. The minimum absolute atomic E-state index is 0.233. The molecule has 0 unspecified atom stereocenters. The Bertz CT molecular complexity index is 556. The van der Waals surface area contributed by atoms with Crippen LogP contribution in [0, 0.1) is 6.92 Å². The van der Waals surface area contributed by atoms with Gasteiger partial charge in [-0.15, -0.1) is 0 Å². The van der Waals surface area contributed by atoms with E-state index in [9.17, 15) is 4.79 Å². The van der Waals surface area contributed by atoms with E-state index in [1.807, 2.05) is 19.1 Å². The Morgan fingerprint density at radius 3 is 2.81 bits per heavy atom. The van der Waals surface area contributed by atoms with E-state index in [1.54, 1.807) is 12.1 Å². The molecular formula is C11H10ClN3O. The second-order valence-electron chi connectivity index (χ2n) is 3.50. The average Bonchev–Trinajstić information content (AvgIpc) is 2.27. The minimum Gasteiger partial charge on any atom is -0.274 e. The van der Waals surface area contributed by atoms with Crippen molar-refractivity contribution in [1.82, 2.24) is 10.2 Å². The molecule has 0 aliphatic rings. The molecule has 1 aromatic carbocycles. The fourth-order valence-electron chi connectivity index (χ4n) is 1.49. The van der Waals surface area contributed by atoms with Crippen LogP contribution in [0.2, 0.25) is 0 Å². The van der Waals surface area contributed by atoms with Crippen LogP contribution >= 0.6 is 11.8 Å². The van der Waals surface area contributed by atoms with Crippen molar-refractivity contribution in [1.29, 1.82) is 0 Å². The molecule has 1 aromatic heterocycles. The first kappa shape index (κ1) is 10.8. The summed E-state index contributed by atoms with van der Waals surface area (Å²) in [4.78, 5) is 11.2. The maximum absolute atomic E-state index is 11.2. The third-order valence-electron chi connectivity index (χ3n) is 2.22. The highest BCUT2D eigenvalue weighted by molar-refractivity contribution is 6.37. The molecule has 0 atom stereocenters. The Kier molecular flexibility index (Phi) is 2.75. The molecule has 5 heteroatoms. The van der Waals surface area contributed by atoms with Crippen molar-refractivity contribution in [2.24, 2.45) is 0 Å². The summed E-state index contributed by atoms with van der Waals surface area (Å²) >= 11 is 5.91. The number of hydrogen-bond donors (Lipinski definition) is 0. The van der Waals surface area contributed by atoms with Crippen LogP contribution in [0.4, 0.5) is 5.69 Å². The molecule has 0 saturated carbocycles. The smallest absolute Gasteiger partial charge is 0.238 e.